The van der Waals surface area contributed by atoms with E-state index in [1.54, 1.807) is 4.90 Å². The van der Waals surface area contributed by atoms with Gasteiger partial charge in [0.2, 0.25) is 0 Å². The molecule has 0 unspecified atom stereocenters. The van der Waals surface area contributed by atoms with Crippen LogP contribution in [0.1, 0.15) is 51.6 Å². The van der Waals surface area contributed by atoms with Gasteiger partial charge in [0.25, 0.3) is 5.91 Å². The fraction of sp³-hybridized carbons (Fsp3) is 0.333. The molecule has 0 aliphatic carbocycles. The van der Waals surface area contributed by atoms with E-state index in [0.29, 0.717) is 18.7 Å². The van der Waals surface area contributed by atoms with E-state index in [1.807, 2.05) is 25.3 Å². The highest BCUT2D eigenvalue weighted by Gasteiger charge is 2.20. The molecule has 1 amide bonds. The summed E-state index contributed by atoms with van der Waals surface area (Å²) in [5, 5.41) is 2.82. The lowest BCUT2D eigenvalue weighted by molar-refractivity contribution is 0.0688. The highest BCUT2D eigenvalue weighted by molar-refractivity contribution is 7.09. The molecule has 6 heteroatoms. The summed E-state index contributed by atoms with van der Waals surface area (Å²) in [7, 11) is 0. The number of thiazole rings is 1. The van der Waals surface area contributed by atoms with Crippen LogP contribution in [0.5, 0.6) is 5.75 Å². The van der Waals surface area contributed by atoms with Crippen molar-refractivity contribution < 1.29 is 13.9 Å². The Labute approximate surface area is 181 Å². The van der Waals surface area contributed by atoms with Gasteiger partial charge >= 0.3 is 0 Å². The first-order valence-corrected chi connectivity index (χ1v) is 10.8. The van der Waals surface area contributed by atoms with Gasteiger partial charge < -0.3 is 9.64 Å². The van der Waals surface area contributed by atoms with Crippen LogP contribution in [-0.4, -0.2) is 21.8 Å². The van der Waals surface area contributed by atoms with Gasteiger partial charge in [0.1, 0.15) is 23.2 Å². The summed E-state index contributed by atoms with van der Waals surface area (Å²) in [5.74, 6) is 0.382. The Bertz CT molecular complexity index is 1030. The third-order valence-corrected chi connectivity index (χ3v) is 5.89. The SMILES string of the molecule is Cc1cc(C)c(C)c(OCc2nc(CN(C(=O)c3ccc(F)cc3)C(C)C)cs2)c1. The number of nitrogens with zero attached hydrogens (tertiary/aromatic N) is 2. The Morgan fingerprint density at radius 2 is 1.87 bits per heavy atom. The largest absolute Gasteiger partial charge is 0.486 e. The van der Waals surface area contributed by atoms with Crippen LogP contribution < -0.4 is 4.74 Å². The molecule has 30 heavy (non-hydrogen) atoms. The van der Waals surface area contributed by atoms with Gasteiger partial charge in [0.15, 0.2) is 0 Å². The number of hydrogen-bond donors (Lipinski definition) is 0. The number of aryl methyl sites for hydroxylation is 2. The van der Waals surface area contributed by atoms with Crippen molar-refractivity contribution in [1.29, 1.82) is 0 Å². The zero-order valence-corrected chi connectivity index (χ0v) is 18.8. The molecular weight excluding hydrogens is 399 g/mol. The standard InChI is InChI=1S/C24H27FN2O2S/c1-15(2)27(24(28)19-6-8-20(25)9-7-19)12-21-14-30-23(26-21)13-29-22-11-16(3)10-17(4)18(22)5/h6-11,14-15H,12-13H2,1-5H3. The lowest BCUT2D eigenvalue weighted by atomic mass is 10.1. The monoisotopic (exact) mass is 426 g/mol. The van der Waals surface area contributed by atoms with E-state index < -0.39 is 0 Å². The number of aromatic nitrogens is 1. The molecule has 0 atom stereocenters. The van der Waals surface area contributed by atoms with Crippen LogP contribution in [0.3, 0.4) is 0 Å². The van der Waals surface area contributed by atoms with Crippen LogP contribution in [0, 0.1) is 26.6 Å². The zero-order chi connectivity index (χ0) is 21.8. The number of amides is 1. The minimum absolute atomic E-state index is 0.0122. The molecular formula is C24H27FN2O2S. The Kier molecular flexibility index (Phi) is 6.87. The first kappa shape index (κ1) is 22.0. The summed E-state index contributed by atoms with van der Waals surface area (Å²) in [6.45, 7) is 10.9. The number of rotatable bonds is 7. The highest BCUT2D eigenvalue weighted by Crippen LogP contribution is 2.25. The summed E-state index contributed by atoms with van der Waals surface area (Å²) in [6.07, 6.45) is 0. The molecule has 2 aromatic carbocycles. The second kappa shape index (κ2) is 9.39. The third kappa shape index (κ3) is 5.25. The van der Waals surface area contributed by atoms with Gasteiger partial charge in [-0.2, -0.15) is 0 Å². The quantitative estimate of drug-likeness (QED) is 0.477. The van der Waals surface area contributed by atoms with E-state index in [2.05, 4.69) is 31.8 Å². The lowest BCUT2D eigenvalue weighted by Gasteiger charge is -2.26. The van der Waals surface area contributed by atoms with Crippen molar-refractivity contribution in [3.63, 3.8) is 0 Å². The van der Waals surface area contributed by atoms with Crippen molar-refractivity contribution in [3.8, 4) is 5.75 Å². The lowest BCUT2D eigenvalue weighted by Crippen LogP contribution is -2.36. The molecule has 0 spiro atoms. The molecule has 4 nitrogen and oxygen atoms in total. The van der Waals surface area contributed by atoms with Crippen molar-refractivity contribution in [3.05, 3.63) is 80.6 Å². The maximum Gasteiger partial charge on any atom is 0.254 e. The van der Waals surface area contributed by atoms with Gasteiger partial charge in [-0.1, -0.05) is 6.07 Å². The van der Waals surface area contributed by atoms with Crippen molar-refractivity contribution in [1.82, 2.24) is 9.88 Å². The Balaban J connectivity index is 1.68. The molecule has 0 radical (unpaired) electrons. The summed E-state index contributed by atoms with van der Waals surface area (Å²) in [6, 6.07) is 9.81. The molecule has 0 bridgehead atoms. The summed E-state index contributed by atoms with van der Waals surface area (Å²) in [5.41, 5.74) is 4.79. The van der Waals surface area contributed by atoms with E-state index in [4.69, 9.17) is 4.74 Å². The van der Waals surface area contributed by atoms with E-state index in [-0.39, 0.29) is 17.8 Å². The molecule has 0 saturated carbocycles. The molecule has 3 aromatic rings. The van der Waals surface area contributed by atoms with Crippen LogP contribution in [0.25, 0.3) is 0 Å². The van der Waals surface area contributed by atoms with Gasteiger partial charge in [-0.3, -0.25) is 4.79 Å². The topological polar surface area (TPSA) is 42.4 Å². The molecule has 0 saturated heterocycles. The molecule has 0 fully saturated rings. The summed E-state index contributed by atoms with van der Waals surface area (Å²) >= 11 is 1.52. The second-order valence-corrected chi connectivity index (χ2v) is 8.70. The van der Waals surface area contributed by atoms with Gasteiger partial charge in [-0.05, 0) is 81.6 Å². The first-order valence-electron chi connectivity index (χ1n) is 9.95. The summed E-state index contributed by atoms with van der Waals surface area (Å²) in [4.78, 5) is 19.3. The van der Waals surface area contributed by atoms with Gasteiger partial charge in [0.05, 0.1) is 12.2 Å². The molecule has 1 heterocycles. The molecule has 0 N–H and O–H groups in total. The number of benzene rings is 2. The van der Waals surface area contributed by atoms with Crippen molar-refractivity contribution in [2.75, 3.05) is 0 Å². The maximum atomic E-state index is 13.2. The van der Waals surface area contributed by atoms with Crippen molar-refractivity contribution in [2.45, 2.75) is 53.8 Å². The van der Waals surface area contributed by atoms with Gasteiger partial charge in [-0.25, -0.2) is 9.37 Å². The normalized spacial score (nSPS) is 11.0. The molecule has 0 aliphatic heterocycles. The van der Waals surface area contributed by atoms with Crippen LogP contribution in [0.4, 0.5) is 4.39 Å². The Morgan fingerprint density at radius 1 is 1.17 bits per heavy atom. The van der Waals surface area contributed by atoms with Crippen LogP contribution >= 0.6 is 11.3 Å². The van der Waals surface area contributed by atoms with Crippen LogP contribution in [0.2, 0.25) is 0 Å². The average molecular weight is 427 g/mol. The minimum Gasteiger partial charge on any atom is -0.486 e. The number of carbonyl (C=O) groups is 1. The van der Waals surface area contributed by atoms with Crippen LogP contribution in [-0.2, 0) is 13.2 Å². The third-order valence-electron chi connectivity index (χ3n) is 5.02. The molecule has 3 rings (SSSR count). The first-order chi connectivity index (χ1) is 14.2. The second-order valence-electron chi connectivity index (χ2n) is 7.76. The number of ether oxygens (including phenoxy) is 1. The molecule has 0 aliphatic rings. The average Bonchev–Trinajstić information content (AvgIpc) is 3.15. The fourth-order valence-corrected chi connectivity index (χ4v) is 3.90. The van der Waals surface area contributed by atoms with Crippen molar-refractivity contribution >= 4 is 17.2 Å². The highest BCUT2D eigenvalue weighted by atomic mass is 32.1. The van der Waals surface area contributed by atoms with E-state index >= 15 is 0 Å². The van der Waals surface area contributed by atoms with Crippen LogP contribution in [0.15, 0.2) is 41.8 Å². The van der Waals surface area contributed by atoms with Gasteiger partial charge in [-0.15, -0.1) is 11.3 Å². The minimum atomic E-state index is -0.356. The zero-order valence-electron chi connectivity index (χ0n) is 18.0. The van der Waals surface area contributed by atoms with Crippen molar-refractivity contribution in [2.24, 2.45) is 0 Å². The van der Waals surface area contributed by atoms with E-state index in [1.165, 1.54) is 46.7 Å². The number of halogens is 1. The smallest absolute Gasteiger partial charge is 0.254 e. The van der Waals surface area contributed by atoms with Gasteiger partial charge in [0, 0.05) is 17.0 Å². The maximum absolute atomic E-state index is 13.2. The predicted molar refractivity (Wildman–Crippen MR) is 119 cm³/mol. The molecule has 158 valence electrons. The fourth-order valence-electron chi connectivity index (χ4n) is 3.20. The number of carbonyl (C=O) groups excluding carboxylic acids is 1. The Morgan fingerprint density at radius 3 is 2.53 bits per heavy atom. The van der Waals surface area contributed by atoms with E-state index in [0.717, 1.165) is 22.0 Å². The molecule has 1 aromatic heterocycles. The van der Waals surface area contributed by atoms with E-state index in [9.17, 15) is 9.18 Å². The number of hydrogen-bond acceptors (Lipinski definition) is 4. The summed E-state index contributed by atoms with van der Waals surface area (Å²) < 4.78 is 19.2. The Hall–Kier alpha value is -2.73. The predicted octanol–water partition coefficient (Wildman–Crippen LogP) is 5.84.